The first-order chi connectivity index (χ1) is 11.3. The van der Waals surface area contributed by atoms with Crippen LogP contribution < -0.4 is 4.74 Å². The zero-order valence-corrected chi connectivity index (χ0v) is 13.1. The average Bonchev–Trinajstić information content (AvgIpc) is 3.09. The van der Waals surface area contributed by atoms with E-state index >= 15 is 0 Å². The fraction of sp³-hybridized carbons (Fsp3) is 0.125. The average molecular weight is 327 g/mol. The van der Waals surface area contributed by atoms with E-state index in [2.05, 4.69) is 15.2 Å². The van der Waals surface area contributed by atoms with E-state index in [0.717, 1.165) is 5.56 Å². The molecule has 0 amide bonds. The van der Waals surface area contributed by atoms with Gasteiger partial charge in [-0.25, -0.2) is 0 Å². The van der Waals surface area contributed by atoms with Crippen LogP contribution in [-0.4, -0.2) is 33.8 Å². The van der Waals surface area contributed by atoms with Gasteiger partial charge in [0.15, 0.2) is 5.78 Å². The predicted molar refractivity (Wildman–Crippen MR) is 85.6 cm³/mol. The van der Waals surface area contributed by atoms with Crippen molar-refractivity contribution in [2.75, 3.05) is 12.9 Å². The van der Waals surface area contributed by atoms with Gasteiger partial charge in [-0.2, -0.15) is 0 Å². The summed E-state index contributed by atoms with van der Waals surface area (Å²) in [5, 5.41) is 8.26. The topological polar surface area (TPSA) is 78.1 Å². The van der Waals surface area contributed by atoms with Crippen LogP contribution in [0.4, 0.5) is 0 Å². The summed E-state index contributed by atoms with van der Waals surface area (Å²) in [7, 11) is 1.57. The Morgan fingerprint density at radius 2 is 2.04 bits per heavy atom. The van der Waals surface area contributed by atoms with Crippen molar-refractivity contribution in [3.8, 4) is 17.2 Å². The molecule has 0 aliphatic rings. The molecule has 0 atom stereocenters. The molecule has 0 fully saturated rings. The second-order valence-electron chi connectivity index (χ2n) is 4.55. The lowest BCUT2D eigenvalue weighted by Gasteiger charge is -2.02. The highest BCUT2D eigenvalue weighted by Gasteiger charge is 2.12. The Kier molecular flexibility index (Phi) is 4.68. The molecule has 6 nitrogen and oxygen atoms in total. The normalized spacial score (nSPS) is 10.5. The first-order valence-electron chi connectivity index (χ1n) is 6.80. The van der Waals surface area contributed by atoms with E-state index in [0.29, 0.717) is 22.4 Å². The maximum absolute atomic E-state index is 12.2. The number of Topliss-reactive ketones (excluding diaryl/α,β-unsaturated/α-hetero) is 1. The number of thioether (sulfide) groups is 1. The molecule has 1 aromatic carbocycles. The molecule has 3 rings (SSSR count). The third-order valence-corrected chi connectivity index (χ3v) is 3.87. The minimum atomic E-state index is -0.0300. The number of ether oxygens (including phenoxy) is 1. The zero-order chi connectivity index (χ0) is 16.1. The summed E-state index contributed by atoms with van der Waals surface area (Å²) < 4.78 is 10.7. The molecule has 3 aromatic rings. The summed E-state index contributed by atoms with van der Waals surface area (Å²) in [6.07, 6.45) is 3.30. The quantitative estimate of drug-likeness (QED) is 0.508. The number of ketones is 1. The number of hydrogen-bond acceptors (Lipinski definition) is 7. The van der Waals surface area contributed by atoms with Crippen molar-refractivity contribution in [1.82, 2.24) is 15.2 Å². The maximum atomic E-state index is 12.2. The molecule has 0 N–H and O–H groups in total. The number of rotatable bonds is 6. The van der Waals surface area contributed by atoms with Gasteiger partial charge in [-0.1, -0.05) is 23.9 Å². The lowest BCUT2D eigenvalue weighted by atomic mass is 10.1. The Morgan fingerprint density at radius 1 is 1.22 bits per heavy atom. The highest BCUT2D eigenvalue weighted by molar-refractivity contribution is 7.99. The van der Waals surface area contributed by atoms with E-state index in [9.17, 15) is 4.79 Å². The minimum absolute atomic E-state index is 0.0300. The molecule has 7 heteroatoms. The van der Waals surface area contributed by atoms with Crippen molar-refractivity contribution in [2.45, 2.75) is 5.22 Å². The number of aromatic nitrogens is 3. The van der Waals surface area contributed by atoms with Crippen LogP contribution in [0.2, 0.25) is 0 Å². The van der Waals surface area contributed by atoms with Crippen LogP contribution in [-0.2, 0) is 0 Å². The molecule has 2 heterocycles. The Hall–Kier alpha value is -2.67. The smallest absolute Gasteiger partial charge is 0.277 e. The molecule has 0 unspecified atom stereocenters. The highest BCUT2D eigenvalue weighted by atomic mass is 32.2. The number of pyridine rings is 1. The molecule has 0 spiro atoms. The number of hydrogen-bond donors (Lipinski definition) is 0. The second-order valence-corrected chi connectivity index (χ2v) is 5.48. The molecule has 0 aliphatic carbocycles. The summed E-state index contributed by atoms with van der Waals surface area (Å²) in [5.74, 6) is 1.24. The Labute approximate surface area is 136 Å². The Morgan fingerprint density at radius 3 is 2.83 bits per heavy atom. The van der Waals surface area contributed by atoms with Crippen molar-refractivity contribution in [3.05, 3.63) is 54.4 Å². The Bertz CT molecular complexity index is 805. The minimum Gasteiger partial charge on any atom is -0.497 e. The van der Waals surface area contributed by atoms with Gasteiger partial charge in [-0.15, -0.1) is 10.2 Å². The number of benzene rings is 1. The number of carbonyl (C=O) groups is 1. The molecule has 0 bridgehead atoms. The molecular formula is C16H13N3O3S. The summed E-state index contributed by atoms with van der Waals surface area (Å²) in [6, 6.07) is 10.6. The third kappa shape index (κ3) is 3.75. The second kappa shape index (κ2) is 7.06. The summed E-state index contributed by atoms with van der Waals surface area (Å²) in [4.78, 5) is 16.1. The van der Waals surface area contributed by atoms with Crippen molar-refractivity contribution < 1.29 is 13.9 Å². The summed E-state index contributed by atoms with van der Waals surface area (Å²) in [6.45, 7) is 0. The summed E-state index contributed by atoms with van der Waals surface area (Å²) in [5.41, 5.74) is 1.38. The van der Waals surface area contributed by atoms with Gasteiger partial charge in [0.2, 0.25) is 5.89 Å². The largest absolute Gasteiger partial charge is 0.497 e. The van der Waals surface area contributed by atoms with Crippen LogP contribution in [0.1, 0.15) is 10.4 Å². The van der Waals surface area contributed by atoms with Gasteiger partial charge in [0.05, 0.1) is 12.9 Å². The molecule has 0 saturated carbocycles. The first kappa shape index (κ1) is 15.2. The van der Waals surface area contributed by atoms with Crippen LogP contribution in [0, 0.1) is 0 Å². The van der Waals surface area contributed by atoms with Crippen LogP contribution in [0.3, 0.4) is 0 Å². The first-order valence-corrected chi connectivity index (χ1v) is 7.79. The lowest BCUT2D eigenvalue weighted by Crippen LogP contribution is -2.02. The molecule has 2 aromatic heterocycles. The molecular weight excluding hydrogens is 314 g/mol. The molecule has 0 aliphatic heterocycles. The number of carbonyl (C=O) groups excluding carboxylic acids is 1. The summed E-state index contributed by atoms with van der Waals surface area (Å²) >= 11 is 1.21. The zero-order valence-electron chi connectivity index (χ0n) is 12.3. The van der Waals surface area contributed by atoms with E-state index in [4.69, 9.17) is 9.15 Å². The van der Waals surface area contributed by atoms with Gasteiger partial charge in [0.1, 0.15) is 5.75 Å². The molecule has 0 saturated heterocycles. The highest BCUT2D eigenvalue weighted by Crippen LogP contribution is 2.23. The SMILES string of the molecule is COc1cccc(C(=O)CSc2nnc(-c3ccncc3)o2)c1. The van der Waals surface area contributed by atoms with E-state index in [-0.39, 0.29) is 11.5 Å². The standard InChI is InChI=1S/C16H13N3O3S/c1-21-13-4-2-3-12(9-13)14(20)10-23-16-19-18-15(22-16)11-5-7-17-8-6-11/h2-9H,10H2,1H3. The van der Waals surface area contributed by atoms with Crippen molar-refractivity contribution >= 4 is 17.5 Å². The van der Waals surface area contributed by atoms with Gasteiger partial charge in [-0.05, 0) is 24.3 Å². The Balaban J connectivity index is 1.64. The van der Waals surface area contributed by atoms with Crippen LogP contribution >= 0.6 is 11.8 Å². The van der Waals surface area contributed by atoms with E-state index in [1.807, 2.05) is 0 Å². The lowest BCUT2D eigenvalue weighted by molar-refractivity contribution is 0.102. The van der Waals surface area contributed by atoms with Crippen molar-refractivity contribution in [3.63, 3.8) is 0 Å². The van der Waals surface area contributed by atoms with Gasteiger partial charge >= 0.3 is 0 Å². The van der Waals surface area contributed by atoms with Crippen molar-refractivity contribution in [1.29, 1.82) is 0 Å². The van der Waals surface area contributed by atoms with Crippen LogP contribution in [0.15, 0.2) is 58.4 Å². The maximum Gasteiger partial charge on any atom is 0.277 e. The van der Waals surface area contributed by atoms with Gasteiger partial charge < -0.3 is 9.15 Å². The fourth-order valence-corrected chi connectivity index (χ4v) is 2.54. The molecule has 116 valence electrons. The van der Waals surface area contributed by atoms with E-state index in [1.165, 1.54) is 11.8 Å². The predicted octanol–water partition coefficient (Wildman–Crippen LogP) is 3.12. The van der Waals surface area contributed by atoms with Gasteiger partial charge in [-0.3, -0.25) is 9.78 Å². The molecule has 23 heavy (non-hydrogen) atoms. The fourth-order valence-electron chi connectivity index (χ4n) is 1.89. The van der Waals surface area contributed by atoms with Gasteiger partial charge in [0.25, 0.3) is 5.22 Å². The molecule has 0 radical (unpaired) electrons. The van der Waals surface area contributed by atoms with E-state index < -0.39 is 0 Å². The third-order valence-electron chi connectivity index (χ3n) is 3.05. The number of nitrogens with zero attached hydrogens (tertiary/aromatic N) is 3. The van der Waals surface area contributed by atoms with E-state index in [1.54, 1.807) is 55.9 Å². The monoisotopic (exact) mass is 327 g/mol. The van der Waals surface area contributed by atoms with Crippen molar-refractivity contribution in [2.24, 2.45) is 0 Å². The van der Waals surface area contributed by atoms with Gasteiger partial charge in [0, 0.05) is 23.5 Å². The number of methoxy groups -OCH3 is 1. The van der Waals surface area contributed by atoms with Crippen LogP contribution in [0.5, 0.6) is 5.75 Å². The van der Waals surface area contributed by atoms with Crippen LogP contribution in [0.25, 0.3) is 11.5 Å².